The zero-order chi connectivity index (χ0) is 11.3. The molecule has 6 heteroatoms. The van der Waals surface area contributed by atoms with Gasteiger partial charge in [0.05, 0.1) is 21.6 Å². The van der Waals surface area contributed by atoms with Crippen molar-refractivity contribution in [2.24, 2.45) is 0 Å². The highest BCUT2D eigenvalue weighted by molar-refractivity contribution is 9.10. The van der Waals surface area contributed by atoms with Crippen LogP contribution in [0.3, 0.4) is 0 Å². The molecule has 3 rings (SSSR count). The van der Waals surface area contributed by atoms with Gasteiger partial charge in [-0.15, -0.1) is 11.3 Å². The lowest BCUT2D eigenvalue weighted by Crippen LogP contribution is -2.03. The first-order valence-corrected chi connectivity index (χ1v) is 6.40. The summed E-state index contributed by atoms with van der Waals surface area (Å²) in [5.74, 6) is 0. The van der Waals surface area contributed by atoms with Crippen LogP contribution in [0.2, 0.25) is 5.02 Å². The van der Waals surface area contributed by atoms with E-state index in [1.807, 2.05) is 12.1 Å². The normalized spacial score (nSPS) is 11.4. The summed E-state index contributed by atoms with van der Waals surface area (Å²) in [4.78, 5) is 18.4. The number of fused-ring (bicyclic) bond motifs is 3. The van der Waals surface area contributed by atoms with Gasteiger partial charge in [-0.2, -0.15) is 0 Å². The van der Waals surface area contributed by atoms with E-state index in [0.717, 1.165) is 14.6 Å². The Bertz CT molecular complexity index is 764. The molecular weight excluding hydrogens is 312 g/mol. The fourth-order valence-corrected chi connectivity index (χ4v) is 3.58. The Hall–Kier alpha value is -0.910. The van der Waals surface area contributed by atoms with Crippen molar-refractivity contribution in [2.45, 2.75) is 0 Å². The Morgan fingerprint density at radius 1 is 1.38 bits per heavy atom. The van der Waals surface area contributed by atoms with Crippen molar-refractivity contribution >= 4 is 59.2 Å². The second-order valence-electron chi connectivity index (χ2n) is 3.28. The molecule has 1 N–H and O–H groups in total. The van der Waals surface area contributed by atoms with Gasteiger partial charge in [0, 0.05) is 9.86 Å². The molecule has 0 spiro atoms. The third-order valence-corrected chi connectivity index (χ3v) is 4.37. The third-order valence-electron chi connectivity index (χ3n) is 2.28. The van der Waals surface area contributed by atoms with Gasteiger partial charge in [-0.3, -0.25) is 4.79 Å². The van der Waals surface area contributed by atoms with Crippen molar-refractivity contribution in [1.82, 2.24) is 9.97 Å². The average molecular weight is 316 g/mol. The molecule has 2 heterocycles. The van der Waals surface area contributed by atoms with Crippen molar-refractivity contribution in [3.8, 4) is 0 Å². The van der Waals surface area contributed by atoms with E-state index in [-0.39, 0.29) is 5.56 Å². The zero-order valence-electron chi connectivity index (χ0n) is 7.75. The van der Waals surface area contributed by atoms with Crippen LogP contribution in [0.15, 0.2) is 27.7 Å². The minimum atomic E-state index is -0.126. The molecule has 0 amide bonds. The standard InChI is InChI=1S/C10H4BrClN2OS/c11-4-1-5-7-9(10(15)14-3-13-7)16-8(5)6(12)2-4/h1-3H,(H,13,14,15). The fourth-order valence-electron chi connectivity index (χ4n) is 1.62. The number of halogens is 2. The molecule has 3 nitrogen and oxygen atoms in total. The van der Waals surface area contributed by atoms with Crippen molar-refractivity contribution in [1.29, 1.82) is 0 Å². The first kappa shape index (κ1) is 10.3. The zero-order valence-corrected chi connectivity index (χ0v) is 10.9. The SMILES string of the molecule is O=c1[nH]cnc2c1sc1c(Cl)cc(Br)cc12. The molecule has 0 atom stereocenters. The Kier molecular flexibility index (Phi) is 2.27. The second-order valence-corrected chi connectivity index (χ2v) is 5.62. The lowest BCUT2D eigenvalue weighted by atomic mass is 10.2. The van der Waals surface area contributed by atoms with Crippen LogP contribution in [0.1, 0.15) is 0 Å². The molecule has 0 aliphatic heterocycles. The minimum Gasteiger partial charge on any atom is -0.312 e. The summed E-state index contributed by atoms with van der Waals surface area (Å²) in [5, 5.41) is 1.54. The van der Waals surface area contributed by atoms with Crippen molar-refractivity contribution in [2.75, 3.05) is 0 Å². The summed E-state index contributed by atoms with van der Waals surface area (Å²) in [5.41, 5.74) is 0.574. The maximum Gasteiger partial charge on any atom is 0.268 e. The van der Waals surface area contributed by atoms with Crippen LogP contribution in [0, 0.1) is 0 Å². The number of benzene rings is 1. The van der Waals surface area contributed by atoms with Crippen LogP contribution >= 0.6 is 38.9 Å². The summed E-state index contributed by atoms with van der Waals surface area (Å²) >= 11 is 10.9. The molecule has 0 saturated heterocycles. The van der Waals surface area contributed by atoms with Gasteiger partial charge in [0.15, 0.2) is 0 Å². The lowest BCUT2D eigenvalue weighted by Gasteiger charge is -1.95. The molecule has 1 aromatic carbocycles. The highest BCUT2D eigenvalue weighted by Gasteiger charge is 2.12. The van der Waals surface area contributed by atoms with E-state index in [1.54, 1.807) is 0 Å². The first-order valence-electron chi connectivity index (χ1n) is 4.42. The fraction of sp³-hybridized carbons (Fsp3) is 0. The Balaban J connectivity index is 2.66. The molecule has 0 aliphatic rings. The Morgan fingerprint density at radius 3 is 3.00 bits per heavy atom. The second kappa shape index (κ2) is 3.55. The summed E-state index contributed by atoms with van der Waals surface area (Å²) in [6.07, 6.45) is 1.41. The van der Waals surface area contributed by atoms with Crippen molar-refractivity contribution < 1.29 is 0 Å². The number of hydrogen-bond acceptors (Lipinski definition) is 3. The number of hydrogen-bond donors (Lipinski definition) is 1. The number of nitrogens with zero attached hydrogens (tertiary/aromatic N) is 1. The monoisotopic (exact) mass is 314 g/mol. The van der Waals surface area contributed by atoms with E-state index in [2.05, 4.69) is 25.9 Å². The van der Waals surface area contributed by atoms with E-state index in [9.17, 15) is 4.79 Å². The van der Waals surface area contributed by atoms with E-state index in [4.69, 9.17) is 11.6 Å². The molecule has 0 unspecified atom stereocenters. The predicted molar refractivity (Wildman–Crippen MR) is 70.5 cm³/mol. The van der Waals surface area contributed by atoms with Crippen LogP contribution in [0.25, 0.3) is 20.3 Å². The number of nitrogens with one attached hydrogen (secondary N) is 1. The van der Waals surface area contributed by atoms with Crippen LogP contribution < -0.4 is 5.56 Å². The van der Waals surface area contributed by atoms with E-state index < -0.39 is 0 Å². The van der Waals surface area contributed by atoms with E-state index in [0.29, 0.717) is 15.2 Å². The van der Waals surface area contributed by atoms with Crippen LogP contribution in [-0.4, -0.2) is 9.97 Å². The number of aromatic amines is 1. The molecule has 2 aromatic heterocycles. The average Bonchev–Trinajstić information content (AvgIpc) is 2.59. The molecule has 0 aliphatic carbocycles. The molecule has 16 heavy (non-hydrogen) atoms. The van der Waals surface area contributed by atoms with Crippen LogP contribution in [-0.2, 0) is 0 Å². The summed E-state index contributed by atoms with van der Waals surface area (Å²) in [7, 11) is 0. The van der Waals surface area contributed by atoms with E-state index >= 15 is 0 Å². The van der Waals surface area contributed by atoms with Gasteiger partial charge in [0.1, 0.15) is 4.70 Å². The van der Waals surface area contributed by atoms with Gasteiger partial charge in [0.2, 0.25) is 0 Å². The smallest absolute Gasteiger partial charge is 0.268 e. The molecule has 0 saturated carbocycles. The summed E-state index contributed by atoms with van der Waals surface area (Å²) in [6, 6.07) is 3.74. The van der Waals surface area contributed by atoms with Gasteiger partial charge in [0.25, 0.3) is 5.56 Å². The number of thiophene rings is 1. The van der Waals surface area contributed by atoms with Gasteiger partial charge in [-0.25, -0.2) is 4.98 Å². The minimum absolute atomic E-state index is 0.126. The highest BCUT2D eigenvalue weighted by Crippen LogP contribution is 2.37. The van der Waals surface area contributed by atoms with Gasteiger partial charge in [-0.05, 0) is 12.1 Å². The number of aromatic nitrogens is 2. The molecule has 3 aromatic rings. The van der Waals surface area contributed by atoms with Crippen LogP contribution in [0.5, 0.6) is 0 Å². The molecule has 0 fully saturated rings. The molecule has 0 bridgehead atoms. The molecule has 0 radical (unpaired) electrons. The van der Waals surface area contributed by atoms with Crippen molar-refractivity contribution in [3.05, 3.63) is 38.3 Å². The first-order chi connectivity index (χ1) is 7.66. The largest absolute Gasteiger partial charge is 0.312 e. The third kappa shape index (κ3) is 1.39. The number of H-pyrrole nitrogens is 1. The Labute approximate surface area is 107 Å². The summed E-state index contributed by atoms with van der Waals surface area (Å²) in [6.45, 7) is 0. The van der Waals surface area contributed by atoms with E-state index in [1.165, 1.54) is 17.7 Å². The highest BCUT2D eigenvalue weighted by atomic mass is 79.9. The summed E-state index contributed by atoms with van der Waals surface area (Å²) < 4.78 is 2.38. The predicted octanol–water partition coefficient (Wildman–Crippen LogP) is 3.55. The van der Waals surface area contributed by atoms with Gasteiger partial charge < -0.3 is 4.98 Å². The topological polar surface area (TPSA) is 45.8 Å². The number of rotatable bonds is 0. The van der Waals surface area contributed by atoms with Gasteiger partial charge >= 0.3 is 0 Å². The molecular formula is C10H4BrClN2OS. The maximum absolute atomic E-state index is 11.6. The van der Waals surface area contributed by atoms with Crippen molar-refractivity contribution in [3.63, 3.8) is 0 Å². The Morgan fingerprint density at radius 2 is 2.19 bits per heavy atom. The quantitative estimate of drug-likeness (QED) is 0.689. The maximum atomic E-state index is 11.6. The lowest BCUT2D eigenvalue weighted by molar-refractivity contribution is 1.18. The molecule has 80 valence electrons. The van der Waals surface area contributed by atoms with Gasteiger partial charge in [-0.1, -0.05) is 27.5 Å². The van der Waals surface area contributed by atoms with Crippen LogP contribution in [0.4, 0.5) is 0 Å².